The van der Waals surface area contributed by atoms with Crippen LogP contribution in [0.3, 0.4) is 0 Å². The maximum atomic E-state index is 12.6. The van der Waals surface area contributed by atoms with Crippen molar-refractivity contribution in [2.24, 2.45) is 5.92 Å². The van der Waals surface area contributed by atoms with Crippen LogP contribution in [0.5, 0.6) is 0 Å². The van der Waals surface area contributed by atoms with Gasteiger partial charge in [0.05, 0.1) is 18.0 Å². The van der Waals surface area contributed by atoms with Crippen LogP contribution in [-0.4, -0.2) is 49.9 Å². The number of piperidine rings is 1. The van der Waals surface area contributed by atoms with Gasteiger partial charge in [-0.15, -0.1) is 0 Å². The first-order valence-corrected chi connectivity index (χ1v) is 10.7. The number of nitrogens with zero attached hydrogens (tertiary/aromatic N) is 4. The highest BCUT2D eigenvalue weighted by Gasteiger charge is 2.28. The minimum absolute atomic E-state index is 0.295. The van der Waals surface area contributed by atoms with Gasteiger partial charge in [-0.25, -0.2) is 4.98 Å². The number of carbonyl (C=O) groups is 1. The molecule has 2 aliphatic rings. The molecule has 0 radical (unpaired) electrons. The van der Waals surface area contributed by atoms with Gasteiger partial charge in [0.2, 0.25) is 5.91 Å². The van der Waals surface area contributed by atoms with Crippen molar-refractivity contribution in [2.45, 2.75) is 38.1 Å². The lowest BCUT2D eigenvalue weighted by Gasteiger charge is -2.32. The Morgan fingerprint density at radius 2 is 2.12 bits per heavy atom. The maximum Gasteiger partial charge on any atom is 0.232 e. The summed E-state index contributed by atoms with van der Waals surface area (Å²) in [6, 6.07) is 5.99. The smallest absolute Gasteiger partial charge is 0.232 e. The molecule has 2 aromatic rings. The fourth-order valence-electron chi connectivity index (χ4n) is 3.58. The molecule has 26 heavy (non-hydrogen) atoms. The summed E-state index contributed by atoms with van der Waals surface area (Å²) in [7, 11) is 0. The Morgan fingerprint density at radius 3 is 2.92 bits per heavy atom. The number of amides is 1. The second-order valence-electron chi connectivity index (χ2n) is 7.37. The number of hydrogen-bond acceptors (Lipinski definition) is 4. The van der Waals surface area contributed by atoms with Crippen LogP contribution in [0.1, 0.15) is 43.1 Å². The molecule has 2 fully saturated rings. The largest absolute Gasteiger partial charge is 0.341 e. The third-order valence-corrected chi connectivity index (χ3v) is 6.38. The molecule has 4 rings (SSSR count). The Balaban J connectivity index is 1.36. The van der Waals surface area contributed by atoms with Crippen LogP contribution in [0.2, 0.25) is 0 Å². The Labute approximate surface area is 159 Å². The zero-order valence-corrected chi connectivity index (χ0v) is 15.9. The maximum absolute atomic E-state index is 12.6. The van der Waals surface area contributed by atoms with Crippen molar-refractivity contribution < 1.29 is 4.79 Å². The van der Waals surface area contributed by atoms with Crippen LogP contribution in [0.25, 0.3) is 0 Å². The molecule has 0 N–H and O–H groups in total. The Hall–Kier alpha value is -1.82. The quantitative estimate of drug-likeness (QED) is 0.751. The Kier molecular flexibility index (Phi) is 5.58. The van der Waals surface area contributed by atoms with Crippen molar-refractivity contribution in [3.8, 4) is 0 Å². The first-order chi connectivity index (χ1) is 12.8. The number of aromatic nitrogens is 3. The van der Waals surface area contributed by atoms with Gasteiger partial charge in [-0.1, -0.05) is 6.07 Å². The molecule has 6 heteroatoms. The summed E-state index contributed by atoms with van der Waals surface area (Å²) >= 11 is 1.81. The molecule has 0 spiro atoms. The summed E-state index contributed by atoms with van der Waals surface area (Å²) in [6.45, 7) is 2.42. The molecular weight excluding hydrogens is 344 g/mol. The summed E-state index contributed by atoms with van der Waals surface area (Å²) in [5.41, 5.74) is 1.03. The van der Waals surface area contributed by atoms with Crippen LogP contribution in [0.4, 0.5) is 0 Å². The van der Waals surface area contributed by atoms with Gasteiger partial charge in [0.1, 0.15) is 5.82 Å². The van der Waals surface area contributed by atoms with Gasteiger partial charge in [0.15, 0.2) is 0 Å². The van der Waals surface area contributed by atoms with Crippen LogP contribution in [0, 0.1) is 5.92 Å². The molecule has 0 bridgehead atoms. The van der Waals surface area contributed by atoms with Crippen molar-refractivity contribution in [3.63, 3.8) is 0 Å². The molecular formula is C20H26N4OS. The topological polar surface area (TPSA) is 51.0 Å². The van der Waals surface area contributed by atoms with E-state index in [4.69, 9.17) is 0 Å². The van der Waals surface area contributed by atoms with E-state index < -0.39 is 0 Å². The van der Waals surface area contributed by atoms with E-state index in [1.165, 1.54) is 12.8 Å². The third kappa shape index (κ3) is 4.47. The summed E-state index contributed by atoms with van der Waals surface area (Å²) < 4.78 is 2.18. The lowest BCUT2D eigenvalue weighted by Crippen LogP contribution is -2.40. The Morgan fingerprint density at radius 1 is 1.19 bits per heavy atom. The molecule has 3 heterocycles. The lowest BCUT2D eigenvalue weighted by molar-refractivity contribution is -0.129. The van der Waals surface area contributed by atoms with Crippen molar-refractivity contribution in [1.29, 1.82) is 0 Å². The number of imidazole rings is 1. The average Bonchev–Trinajstić information content (AvgIpc) is 3.39. The van der Waals surface area contributed by atoms with Gasteiger partial charge in [-0.2, -0.15) is 11.8 Å². The molecule has 1 aliphatic carbocycles. The number of thioether (sulfide) groups is 1. The van der Waals surface area contributed by atoms with E-state index in [1.54, 1.807) is 0 Å². The Bertz CT molecular complexity index is 728. The van der Waals surface area contributed by atoms with Gasteiger partial charge in [-0.05, 0) is 49.5 Å². The van der Waals surface area contributed by atoms with Gasteiger partial charge >= 0.3 is 0 Å². The summed E-state index contributed by atoms with van der Waals surface area (Å²) in [6.07, 6.45) is 10.6. The summed E-state index contributed by atoms with van der Waals surface area (Å²) in [5, 5.41) is 0. The summed E-state index contributed by atoms with van der Waals surface area (Å²) in [4.78, 5) is 23.6. The van der Waals surface area contributed by atoms with Crippen molar-refractivity contribution in [1.82, 2.24) is 19.4 Å². The van der Waals surface area contributed by atoms with Gasteiger partial charge in [0, 0.05) is 37.6 Å². The minimum atomic E-state index is 0.295. The molecule has 1 atom stereocenters. The predicted octanol–water partition coefficient (Wildman–Crippen LogP) is 3.18. The number of carbonyl (C=O) groups excluding carboxylic acids is 1. The third-order valence-electron chi connectivity index (χ3n) is 5.22. The van der Waals surface area contributed by atoms with Crippen LogP contribution in [-0.2, 0) is 11.3 Å². The molecule has 1 saturated carbocycles. The fourth-order valence-corrected chi connectivity index (χ4v) is 4.73. The SMILES string of the molecule is O=C(CSCC1CC1)N1CCC[C@@H](c2nccn2Cc2ccccn2)C1. The van der Waals surface area contributed by atoms with Crippen LogP contribution in [0.15, 0.2) is 36.8 Å². The highest BCUT2D eigenvalue weighted by Crippen LogP contribution is 2.32. The molecule has 2 aromatic heterocycles. The second-order valence-corrected chi connectivity index (χ2v) is 8.40. The van der Waals surface area contributed by atoms with E-state index in [0.717, 1.165) is 55.7 Å². The monoisotopic (exact) mass is 370 g/mol. The number of likely N-dealkylation sites (tertiary alicyclic amines) is 1. The van der Waals surface area contributed by atoms with Crippen molar-refractivity contribution in [2.75, 3.05) is 24.6 Å². The first-order valence-electron chi connectivity index (χ1n) is 9.56. The van der Waals surface area contributed by atoms with E-state index in [-0.39, 0.29) is 0 Å². The molecule has 5 nitrogen and oxygen atoms in total. The lowest BCUT2D eigenvalue weighted by atomic mass is 9.97. The highest BCUT2D eigenvalue weighted by atomic mass is 32.2. The van der Waals surface area contributed by atoms with E-state index in [2.05, 4.69) is 14.5 Å². The number of pyridine rings is 1. The number of hydrogen-bond donors (Lipinski definition) is 0. The normalized spacial score (nSPS) is 20.3. The van der Waals surface area contributed by atoms with Crippen molar-refractivity contribution >= 4 is 17.7 Å². The van der Waals surface area contributed by atoms with E-state index >= 15 is 0 Å². The predicted molar refractivity (Wildman–Crippen MR) is 104 cm³/mol. The molecule has 1 saturated heterocycles. The molecule has 0 aromatic carbocycles. The van der Waals surface area contributed by atoms with Gasteiger partial charge in [-0.3, -0.25) is 9.78 Å². The zero-order valence-electron chi connectivity index (χ0n) is 15.1. The minimum Gasteiger partial charge on any atom is -0.341 e. The second kappa shape index (κ2) is 8.25. The van der Waals surface area contributed by atoms with E-state index in [9.17, 15) is 4.79 Å². The van der Waals surface area contributed by atoms with E-state index in [0.29, 0.717) is 17.6 Å². The van der Waals surface area contributed by atoms with E-state index in [1.807, 2.05) is 53.5 Å². The van der Waals surface area contributed by atoms with Gasteiger partial charge in [0.25, 0.3) is 0 Å². The van der Waals surface area contributed by atoms with Crippen LogP contribution < -0.4 is 0 Å². The highest BCUT2D eigenvalue weighted by molar-refractivity contribution is 7.99. The molecule has 138 valence electrons. The zero-order chi connectivity index (χ0) is 17.8. The molecule has 0 unspecified atom stereocenters. The standard InChI is InChI=1S/C20H26N4OS/c25-19(15-26-14-16-6-7-16)23-10-3-4-17(12-23)20-22-9-11-24(20)13-18-5-1-2-8-21-18/h1-2,5,8-9,11,16-17H,3-4,6-7,10,12-15H2/t17-/m1/s1. The van der Waals surface area contributed by atoms with Crippen LogP contribution >= 0.6 is 11.8 Å². The van der Waals surface area contributed by atoms with Crippen molar-refractivity contribution in [3.05, 3.63) is 48.3 Å². The summed E-state index contributed by atoms with van der Waals surface area (Å²) in [5.74, 6) is 4.35. The first kappa shape index (κ1) is 17.6. The van der Waals surface area contributed by atoms with Gasteiger partial charge < -0.3 is 9.47 Å². The fraction of sp³-hybridized carbons (Fsp3) is 0.550. The molecule has 1 amide bonds. The average molecular weight is 371 g/mol. The number of rotatable bonds is 7. The molecule has 1 aliphatic heterocycles.